The molecule has 0 saturated carbocycles. The van der Waals surface area contributed by atoms with Crippen molar-refractivity contribution in [2.24, 2.45) is 0 Å². The van der Waals surface area contributed by atoms with E-state index < -0.39 is 0 Å². The van der Waals surface area contributed by atoms with Gasteiger partial charge < -0.3 is 4.90 Å². The summed E-state index contributed by atoms with van der Waals surface area (Å²) in [6.07, 6.45) is 0. The molecule has 2 rings (SSSR count). The van der Waals surface area contributed by atoms with E-state index in [0.717, 1.165) is 18.1 Å². The molecule has 0 spiro atoms. The van der Waals surface area contributed by atoms with Crippen molar-refractivity contribution >= 4 is 0 Å². The molecule has 0 aromatic rings. The van der Waals surface area contributed by atoms with Crippen molar-refractivity contribution in [3.8, 4) is 0 Å². The van der Waals surface area contributed by atoms with Gasteiger partial charge in [0.15, 0.2) is 0 Å². The third kappa shape index (κ3) is 1.81. The van der Waals surface area contributed by atoms with Gasteiger partial charge in [0.2, 0.25) is 0 Å². The lowest BCUT2D eigenvalue weighted by Crippen LogP contribution is -2.69. The maximum Gasteiger partial charge on any atom is 0.0352 e. The third-order valence-electron chi connectivity index (χ3n) is 3.76. The van der Waals surface area contributed by atoms with Gasteiger partial charge in [-0.1, -0.05) is 0 Å². The Kier molecular flexibility index (Phi) is 2.82. The lowest BCUT2D eigenvalue weighted by molar-refractivity contribution is -0.0496. The molecule has 2 saturated heterocycles. The molecule has 14 heavy (non-hydrogen) atoms. The van der Waals surface area contributed by atoms with Gasteiger partial charge >= 0.3 is 0 Å². The largest absolute Gasteiger partial charge is 0.304 e. The molecule has 0 aliphatic carbocycles. The van der Waals surface area contributed by atoms with Crippen LogP contribution in [0.2, 0.25) is 0 Å². The summed E-state index contributed by atoms with van der Waals surface area (Å²) in [5.41, 5.74) is 0. The molecule has 0 unspecified atom stereocenters. The average Bonchev–Trinajstić information content (AvgIpc) is 1.88. The summed E-state index contributed by atoms with van der Waals surface area (Å²) in [7, 11) is 4.37. The summed E-state index contributed by atoms with van der Waals surface area (Å²) < 4.78 is 0. The zero-order valence-electron chi connectivity index (χ0n) is 9.90. The minimum atomic E-state index is 0.733. The fourth-order valence-electron chi connectivity index (χ4n) is 2.25. The fourth-order valence-corrected chi connectivity index (χ4v) is 2.25. The van der Waals surface area contributed by atoms with Gasteiger partial charge in [0.25, 0.3) is 0 Å². The summed E-state index contributed by atoms with van der Waals surface area (Å²) >= 11 is 0. The van der Waals surface area contributed by atoms with Gasteiger partial charge in [-0.25, -0.2) is 0 Å². The van der Waals surface area contributed by atoms with Gasteiger partial charge in [0.1, 0.15) is 0 Å². The van der Waals surface area contributed by atoms with Crippen molar-refractivity contribution in [2.45, 2.75) is 32.0 Å². The standard InChI is InChI=1S/C11H23N3/c1-9(2)13-7-11(8-13)14-5-10(6-14)12(3)4/h9-11H,5-8H2,1-4H3. The quantitative estimate of drug-likeness (QED) is 0.645. The van der Waals surface area contributed by atoms with E-state index in [1.165, 1.54) is 26.2 Å². The van der Waals surface area contributed by atoms with E-state index in [2.05, 4.69) is 42.6 Å². The summed E-state index contributed by atoms with van der Waals surface area (Å²) in [5.74, 6) is 0. The second-order valence-corrected chi connectivity index (χ2v) is 5.27. The Morgan fingerprint density at radius 1 is 1.07 bits per heavy atom. The third-order valence-corrected chi connectivity index (χ3v) is 3.76. The number of nitrogens with zero attached hydrogens (tertiary/aromatic N) is 3. The second kappa shape index (κ2) is 3.80. The number of likely N-dealkylation sites (N-methyl/N-ethyl adjacent to an activating group) is 1. The van der Waals surface area contributed by atoms with Gasteiger partial charge in [-0.05, 0) is 27.9 Å². The van der Waals surface area contributed by atoms with Gasteiger partial charge in [0, 0.05) is 44.3 Å². The summed E-state index contributed by atoms with van der Waals surface area (Å²) in [6, 6.07) is 2.40. The van der Waals surface area contributed by atoms with Crippen LogP contribution in [0.3, 0.4) is 0 Å². The highest BCUT2D eigenvalue weighted by Gasteiger charge is 2.39. The summed E-state index contributed by atoms with van der Waals surface area (Å²) in [6.45, 7) is 9.72. The fraction of sp³-hybridized carbons (Fsp3) is 1.00. The van der Waals surface area contributed by atoms with E-state index in [1.54, 1.807) is 0 Å². The van der Waals surface area contributed by atoms with Gasteiger partial charge in [-0.3, -0.25) is 9.80 Å². The van der Waals surface area contributed by atoms with Gasteiger partial charge in [0.05, 0.1) is 0 Å². The maximum absolute atomic E-state index is 2.63. The minimum Gasteiger partial charge on any atom is -0.304 e. The molecule has 2 aliphatic heterocycles. The molecule has 0 amide bonds. The highest BCUT2D eigenvalue weighted by atomic mass is 15.4. The highest BCUT2D eigenvalue weighted by Crippen LogP contribution is 2.23. The molecule has 3 heteroatoms. The summed E-state index contributed by atoms with van der Waals surface area (Å²) in [4.78, 5) is 7.52. The van der Waals surface area contributed by atoms with Crippen molar-refractivity contribution in [1.29, 1.82) is 0 Å². The molecule has 0 N–H and O–H groups in total. The van der Waals surface area contributed by atoms with E-state index in [0.29, 0.717) is 0 Å². The van der Waals surface area contributed by atoms with Crippen molar-refractivity contribution in [3.05, 3.63) is 0 Å². The molecule has 82 valence electrons. The first-order chi connectivity index (χ1) is 6.58. The molecule has 2 heterocycles. The first kappa shape index (κ1) is 10.4. The first-order valence-electron chi connectivity index (χ1n) is 5.72. The normalized spacial score (nSPS) is 27.0. The number of likely N-dealkylation sites (tertiary alicyclic amines) is 2. The van der Waals surface area contributed by atoms with Crippen LogP contribution >= 0.6 is 0 Å². The topological polar surface area (TPSA) is 9.72 Å². The van der Waals surface area contributed by atoms with E-state index in [9.17, 15) is 0 Å². The van der Waals surface area contributed by atoms with Crippen LogP contribution in [0, 0.1) is 0 Å². The van der Waals surface area contributed by atoms with Crippen LogP contribution in [0.1, 0.15) is 13.8 Å². The Balaban J connectivity index is 1.66. The number of hydrogen-bond donors (Lipinski definition) is 0. The SMILES string of the molecule is CC(C)N1CC(N2CC(N(C)C)C2)C1. The van der Waals surface area contributed by atoms with Gasteiger partial charge in [-0.15, -0.1) is 0 Å². The first-order valence-corrected chi connectivity index (χ1v) is 5.72. The van der Waals surface area contributed by atoms with Crippen LogP contribution in [0.5, 0.6) is 0 Å². The molecule has 0 atom stereocenters. The Bertz CT molecular complexity index is 169. The van der Waals surface area contributed by atoms with E-state index >= 15 is 0 Å². The molecule has 3 nitrogen and oxygen atoms in total. The Morgan fingerprint density at radius 2 is 1.64 bits per heavy atom. The lowest BCUT2D eigenvalue weighted by Gasteiger charge is -2.54. The van der Waals surface area contributed by atoms with Crippen LogP contribution in [0.15, 0.2) is 0 Å². The molecular formula is C11H23N3. The molecular weight excluding hydrogens is 174 g/mol. The summed E-state index contributed by atoms with van der Waals surface area (Å²) in [5, 5.41) is 0. The molecule has 0 aromatic heterocycles. The number of rotatable bonds is 3. The molecule has 2 aliphatic rings. The van der Waals surface area contributed by atoms with Crippen molar-refractivity contribution in [2.75, 3.05) is 40.3 Å². The monoisotopic (exact) mass is 197 g/mol. The predicted molar refractivity (Wildman–Crippen MR) is 59.5 cm³/mol. The minimum absolute atomic E-state index is 0.733. The zero-order chi connectivity index (χ0) is 10.3. The Labute approximate surface area is 87.7 Å². The Morgan fingerprint density at radius 3 is 2.07 bits per heavy atom. The average molecular weight is 197 g/mol. The van der Waals surface area contributed by atoms with Crippen molar-refractivity contribution in [1.82, 2.24) is 14.7 Å². The molecule has 0 radical (unpaired) electrons. The zero-order valence-corrected chi connectivity index (χ0v) is 9.90. The Hall–Kier alpha value is -0.120. The molecule has 2 fully saturated rings. The lowest BCUT2D eigenvalue weighted by atomic mass is 9.98. The smallest absolute Gasteiger partial charge is 0.0352 e. The van der Waals surface area contributed by atoms with Crippen molar-refractivity contribution < 1.29 is 0 Å². The van der Waals surface area contributed by atoms with Crippen LogP contribution in [0.4, 0.5) is 0 Å². The van der Waals surface area contributed by atoms with E-state index in [1.807, 2.05) is 0 Å². The highest BCUT2D eigenvalue weighted by molar-refractivity contribution is 4.97. The van der Waals surface area contributed by atoms with Crippen molar-refractivity contribution in [3.63, 3.8) is 0 Å². The van der Waals surface area contributed by atoms with E-state index in [-0.39, 0.29) is 0 Å². The van der Waals surface area contributed by atoms with Crippen LogP contribution in [-0.2, 0) is 0 Å². The predicted octanol–water partition coefficient (Wildman–Crippen LogP) is 0.325. The van der Waals surface area contributed by atoms with Crippen LogP contribution < -0.4 is 0 Å². The van der Waals surface area contributed by atoms with Gasteiger partial charge in [-0.2, -0.15) is 0 Å². The van der Waals surface area contributed by atoms with E-state index in [4.69, 9.17) is 0 Å². The molecule has 0 aromatic carbocycles. The number of hydrogen-bond acceptors (Lipinski definition) is 3. The maximum atomic E-state index is 2.63. The molecule has 0 bridgehead atoms. The van der Waals surface area contributed by atoms with Crippen LogP contribution in [0.25, 0.3) is 0 Å². The van der Waals surface area contributed by atoms with Crippen LogP contribution in [-0.4, -0.2) is 73.1 Å². The second-order valence-electron chi connectivity index (χ2n) is 5.27.